The predicted molar refractivity (Wildman–Crippen MR) is 112 cm³/mol. The molecule has 0 amide bonds. The number of ether oxygens (including phenoxy) is 1. The van der Waals surface area contributed by atoms with Crippen LogP contribution in [0.25, 0.3) is 0 Å². The zero-order valence-electron chi connectivity index (χ0n) is 16.0. The van der Waals surface area contributed by atoms with Crippen LogP contribution < -0.4 is 5.32 Å². The van der Waals surface area contributed by atoms with Gasteiger partial charge >= 0.3 is 0 Å². The molecule has 2 saturated heterocycles. The quantitative estimate of drug-likeness (QED) is 0.396. The van der Waals surface area contributed by atoms with Gasteiger partial charge in [-0.25, -0.2) is 0 Å². The lowest BCUT2D eigenvalue weighted by Gasteiger charge is -2.37. The van der Waals surface area contributed by atoms with Crippen molar-refractivity contribution < 1.29 is 4.74 Å². The first-order chi connectivity index (χ1) is 11.1. The fourth-order valence-corrected chi connectivity index (χ4v) is 3.79. The number of nitrogens with zero attached hydrogens (tertiary/aromatic N) is 3. The molecule has 2 aliphatic rings. The van der Waals surface area contributed by atoms with E-state index < -0.39 is 0 Å². The maximum absolute atomic E-state index is 5.42. The fourth-order valence-electron chi connectivity index (χ4n) is 3.79. The Morgan fingerprint density at radius 2 is 1.83 bits per heavy atom. The van der Waals surface area contributed by atoms with Crippen molar-refractivity contribution in [3.63, 3.8) is 0 Å². The van der Waals surface area contributed by atoms with E-state index in [-0.39, 0.29) is 24.0 Å². The standard InChI is InChI=1S/C18H36N4O.HI/c1-5-19-18(22-13-15(2)10-16(3)14-22)20-11-17(4)12-21-6-8-23-9-7-21;/h15-17H,5-14H2,1-4H3,(H,19,20);1H. The monoisotopic (exact) mass is 452 g/mol. The summed E-state index contributed by atoms with van der Waals surface area (Å²) in [7, 11) is 0. The molecule has 142 valence electrons. The number of nitrogens with one attached hydrogen (secondary N) is 1. The van der Waals surface area contributed by atoms with Crippen LogP contribution in [0.5, 0.6) is 0 Å². The van der Waals surface area contributed by atoms with Crippen molar-refractivity contribution in [2.45, 2.75) is 34.1 Å². The van der Waals surface area contributed by atoms with Crippen molar-refractivity contribution in [3.05, 3.63) is 0 Å². The van der Waals surface area contributed by atoms with Gasteiger partial charge in [-0.1, -0.05) is 20.8 Å². The van der Waals surface area contributed by atoms with E-state index in [0.717, 1.165) is 76.8 Å². The lowest BCUT2D eigenvalue weighted by atomic mass is 9.92. The number of rotatable bonds is 5. The molecule has 3 unspecified atom stereocenters. The molecule has 0 aliphatic carbocycles. The van der Waals surface area contributed by atoms with Gasteiger partial charge in [-0.3, -0.25) is 9.89 Å². The average molecular weight is 452 g/mol. The Kier molecular flexibility index (Phi) is 10.5. The van der Waals surface area contributed by atoms with E-state index in [1.807, 2.05) is 0 Å². The Morgan fingerprint density at radius 1 is 1.21 bits per heavy atom. The van der Waals surface area contributed by atoms with Crippen molar-refractivity contribution in [3.8, 4) is 0 Å². The van der Waals surface area contributed by atoms with Crippen LogP contribution in [0.1, 0.15) is 34.1 Å². The molecule has 5 nitrogen and oxygen atoms in total. The smallest absolute Gasteiger partial charge is 0.193 e. The van der Waals surface area contributed by atoms with Gasteiger partial charge in [0.25, 0.3) is 0 Å². The molecular formula is C18H37IN4O. The number of guanidine groups is 1. The molecule has 2 rings (SSSR count). The minimum absolute atomic E-state index is 0. The van der Waals surface area contributed by atoms with Gasteiger partial charge in [0.2, 0.25) is 0 Å². The zero-order valence-corrected chi connectivity index (χ0v) is 18.3. The third-order valence-corrected chi connectivity index (χ3v) is 4.73. The second kappa shape index (κ2) is 11.5. The van der Waals surface area contributed by atoms with Crippen molar-refractivity contribution in [1.82, 2.24) is 15.1 Å². The van der Waals surface area contributed by atoms with E-state index in [1.165, 1.54) is 6.42 Å². The summed E-state index contributed by atoms with van der Waals surface area (Å²) in [6.45, 7) is 18.3. The molecule has 2 heterocycles. The lowest BCUT2D eigenvalue weighted by Crippen LogP contribution is -2.48. The zero-order chi connectivity index (χ0) is 16.7. The summed E-state index contributed by atoms with van der Waals surface area (Å²) in [5, 5.41) is 3.49. The Hall–Kier alpha value is -0.0800. The van der Waals surface area contributed by atoms with Crippen LogP contribution in [0.2, 0.25) is 0 Å². The third kappa shape index (κ3) is 7.44. The first kappa shape index (κ1) is 22.0. The average Bonchev–Trinajstić information content (AvgIpc) is 2.51. The second-order valence-corrected chi connectivity index (χ2v) is 7.56. The van der Waals surface area contributed by atoms with Gasteiger partial charge in [0.1, 0.15) is 0 Å². The highest BCUT2D eigenvalue weighted by molar-refractivity contribution is 14.0. The molecule has 0 aromatic carbocycles. The van der Waals surface area contributed by atoms with Crippen LogP contribution in [0.4, 0.5) is 0 Å². The topological polar surface area (TPSA) is 40.1 Å². The third-order valence-electron chi connectivity index (χ3n) is 4.73. The Balaban J connectivity index is 0.00000288. The van der Waals surface area contributed by atoms with E-state index in [9.17, 15) is 0 Å². The predicted octanol–water partition coefficient (Wildman–Crippen LogP) is 2.52. The van der Waals surface area contributed by atoms with Gasteiger partial charge in [0.05, 0.1) is 13.2 Å². The molecule has 1 N–H and O–H groups in total. The normalized spacial score (nSPS) is 27.5. The van der Waals surface area contributed by atoms with Crippen LogP contribution >= 0.6 is 24.0 Å². The van der Waals surface area contributed by atoms with Crippen molar-refractivity contribution >= 4 is 29.9 Å². The molecular weight excluding hydrogens is 415 g/mol. The number of piperidine rings is 1. The first-order valence-corrected chi connectivity index (χ1v) is 9.41. The summed E-state index contributed by atoms with van der Waals surface area (Å²) in [6, 6.07) is 0. The molecule has 0 aromatic rings. The number of halogens is 1. The highest BCUT2D eigenvalue weighted by atomic mass is 127. The molecule has 0 radical (unpaired) electrons. The van der Waals surface area contributed by atoms with E-state index >= 15 is 0 Å². The van der Waals surface area contributed by atoms with Crippen molar-refractivity contribution in [2.75, 3.05) is 59.0 Å². The Bertz CT molecular complexity index is 364. The van der Waals surface area contributed by atoms with Gasteiger partial charge in [0.15, 0.2) is 5.96 Å². The van der Waals surface area contributed by atoms with Crippen LogP contribution in [0, 0.1) is 17.8 Å². The molecule has 6 heteroatoms. The maximum atomic E-state index is 5.42. The van der Waals surface area contributed by atoms with Gasteiger partial charge in [-0.2, -0.15) is 0 Å². The minimum atomic E-state index is 0. The highest BCUT2D eigenvalue weighted by Crippen LogP contribution is 2.21. The number of likely N-dealkylation sites (tertiary alicyclic amines) is 1. The summed E-state index contributed by atoms with van der Waals surface area (Å²) in [5.74, 6) is 3.21. The molecule has 0 aromatic heterocycles. The summed E-state index contributed by atoms with van der Waals surface area (Å²) in [6.07, 6.45) is 1.34. The van der Waals surface area contributed by atoms with Gasteiger partial charge in [0, 0.05) is 45.8 Å². The fraction of sp³-hybridized carbons (Fsp3) is 0.944. The number of hydrogen-bond donors (Lipinski definition) is 1. The largest absolute Gasteiger partial charge is 0.379 e. The molecule has 2 aliphatic heterocycles. The van der Waals surface area contributed by atoms with Gasteiger partial charge in [-0.05, 0) is 31.1 Å². The number of hydrogen-bond acceptors (Lipinski definition) is 3. The van der Waals surface area contributed by atoms with Gasteiger partial charge in [-0.15, -0.1) is 24.0 Å². The van der Waals surface area contributed by atoms with Crippen LogP contribution in [0.15, 0.2) is 4.99 Å². The van der Waals surface area contributed by atoms with Crippen LogP contribution in [0.3, 0.4) is 0 Å². The number of morpholine rings is 1. The van der Waals surface area contributed by atoms with Crippen LogP contribution in [-0.4, -0.2) is 74.8 Å². The summed E-state index contributed by atoms with van der Waals surface area (Å²) in [5.41, 5.74) is 0. The molecule has 3 atom stereocenters. The first-order valence-electron chi connectivity index (χ1n) is 9.41. The van der Waals surface area contributed by atoms with E-state index in [1.54, 1.807) is 0 Å². The summed E-state index contributed by atoms with van der Waals surface area (Å²) >= 11 is 0. The molecule has 0 saturated carbocycles. The Labute approximate surface area is 165 Å². The molecule has 24 heavy (non-hydrogen) atoms. The minimum Gasteiger partial charge on any atom is -0.379 e. The van der Waals surface area contributed by atoms with Crippen molar-refractivity contribution in [2.24, 2.45) is 22.7 Å². The van der Waals surface area contributed by atoms with Gasteiger partial charge < -0.3 is 15.0 Å². The molecule has 2 fully saturated rings. The van der Waals surface area contributed by atoms with E-state index in [0.29, 0.717) is 5.92 Å². The number of aliphatic imine (C=N–C) groups is 1. The SMILES string of the molecule is CCNC(=NCC(C)CN1CCOCC1)N1CC(C)CC(C)C1.I. The van der Waals surface area contributed by atoms with E-state index in [4.69, 9.17) is 9.73 Å². The molecule has 0 spiro atoms. The Morgan fingerprint density at radius 3 is 2.42 bits per heavy atom. The van der Waals surface area contributed by atoms with Crippen molar-refractivity contribution in [1.29, 1.82) is 0 Å². The van der Waals surface area contributed by atoms with Crippen LogP contribution in [-0.2, 0) is 4.74 Å². The second-order valence-electron chi connectivity index (χ2n) is 7.56. The lowest BCUT2D eigenvalue weighted by molar-refractivity contribution is 0.0323. The summed E-state index contributed by atoms with van der Waals surface area (Å²) in [4.78, 5) is 9.91. The maximum Gasteiger partial charge on any atom is 0.193 e. The molecule has 0 bridgehead atoms. The van der Waals surface area contributed by atoms with E-state index in [2.05, 4.69) is 42.8 Å². The summed E-state index contributed by atoms with van der Waals surface area (Å²) < 4.78 is 5.42. The highest BCUT2D eigenvalue weighted by Gasteiger charge is 2.24.